The van der Waals surface area contributed by atoms with Crippen LogP contribution in [0.4, 0.5) is 8.78 Å². The normalized spacial score (nSPS) is 23.2. The van der Waals surface area contributed by atoms with E-state index in [2.05, 4.69) is 4.74 Å². The molecule has 1 aliphatic rings. The summed E-state index contributed by atoms with van der Waals surface area (Å²) in [6.07, 6.45) is 1.98. The average Bonchev–Trinajstić information content (AvgIpc) is 2.44. The van der Waals surface area contributed by atoms with Crippen molar-refractivity contribution in [2.75, 3.05) is 20.2 Å². The first-order valence-corrected chi connectivity index (χ1v) is 7.92. The second kappa shape index (κ2) is 8.21. The van der Waals surface area contributed by atoms with Crippen LogP contribution in [0.3, 0.4) is 0 Å². The number of hydrogen-bond donors (Lipinski definition) is 2. The number of hydrogen-bond acceptors (Lipinski definition) is 5. The van der Waals surface area contributed by atoms with Gasteiger partial charge in [0, 0.05) is 0 Å². The van der Waals surface area contributed by atoms with Crippen LogP contribution in [0.25, 0.3) is 0 Å². The molecule has 126 valence electrons. The van der Waals surface area contributed by atoms with E-state index < -0.39 is 46.2 Å². The molecule has 10 heteroatoms. The number of esters is 1. The lowest BCUT2D eigenvalue weighted by atomic mass is 9.89. The van der Waals surface area contributed by atoms with E-state index in [1.165, 1.54) is 7.11 Å². The first-order valence-electron chi connectivity index (χ1n) is 6.38. The maximum Gasteiger partial charge on any atom is 0.310 e. The Kier molecular flexibility index (Phi) is 8.01. The lowest BCUT2D eigenvalue weighted by Gasteiger charge is -2.29. The van der Waals surface area contributed by atoms with E-state index in [9.17, 15) is 22.0 Å². The number of ether oxygens (including phenoxy) is 1. The van der Waals surface area contributed by atoms with Gasteiger partial charge in [-0.1, -0.05) is 12.8 Å². The van der Waals surface area contributed by atoms with Crippen molar-refractivity contribution in [2.24, 2.45) is 11.7 Å². The molecular weight excluding hydrogens is 330 g/mol. The molecule has 3 N–H and O–H groups in total. The second-order valence-electron chi connectivity index (χ2n) is 4.88. The van der Waals surface area contributed by atoms with E-state index in [0.29, 0.717) is 19.3 Å². The topological polar surface area (TPSA) is 98.5 Å². The van der Waals surface area contributed by atoms with Crippen molar-refractivity contribution in [1.29, 1.82) is 0 Å². The van der Waals surface area contributed by atoms with Crippen LogP contribution in [-0.2, 0) is 19.6 Å². The zero-order valence-corrected chi connectivity index (χ0v) is 13.3. The third-order valence-electron chi connectivity index (χ3n) is 3.44. The second-order valence-corrected chi connectivity index (χ2v) is 6.86. The number of nitrogens with two attached hydrogens (primary N) is 1. The van der Waals surface area contributed by atoms with Gasteiger partial charge >= 0.3 is 5.97 Å². The molecule has 0 aromatic carbocycles. The van der Waals surface area contributed by atoms with Crippen LogP contribution in [0, 0.1) is 5.92 Å². The fourth-order valence-electron chi connectivity index (χ4n) is 2.27. The molecule has 2 atom stereocenters. The summed E-state index contributed by atoms with van der Waals surface area (Å²) in [5.74, 6) is -4.73. The summed E-state index contributed by atoms with van der Waals surface area (Å²) in [4.78, 5) is 11.6. The molecule has 0 heterocycles. The monoisotopic (exact) mass is 350 g/mol. The molecule has 2 unspecified atom stereocenters. The largest absolute Gasteiger partial charge is 0.469 e. The first kappa shape index (κ1) is 20.5. The minimum Gasteiger partial charge on any atom is -0.469 e. The van der Waals surface area contributed by atoms with E-state index in [1.807, 2.05) is 4.72 Å². The highest BCUT2D eigenvalue weighted by Crippen LogP contribution is 2.30. The number of carbonyl (C=O) groups excluding carboxylic acids is 1. The molecule has 0 aromatic heterocycles. The maximum atomic E-state index is 13.0. The Morgan fingerprint density at radius 1 is 1.38 bits per heavy atom. The molecule has 0 radical (unpaired) electrons. The lowest BCUT2D eigenvalue weighted by Crippen LogP contribution is -2.48. The molecule has 0 saturated heterocycles. The Labute approximate surface area is 129 Å². The molecule has 0 aromatic rings. The van der Waals surface area contributed by atoms with Gasteiger partial charge in [0.05, 0.1) is 31.4 Å². The third kappa shape index (κ3) is 5.65. The molecule has 6 nitrogen and oxygen atoms in total. The summed E-state index contributed by atoms with van der Waals surface area (Å²) in [5.41, 5.74) is 4.85. The lowest BCUT2D eigenvalue weighted by molar-refractivity contribution is -0.146. The Morgan fingerprint density at radius 3 is 2.48 bits per heavy atom. The van der Waals surface area contributed by atoms with E-state index in [-0.39, 0.29) is 18.8 Å². The average molecular weight is 351 g/mol. The van der Waals surface area contributed by atoms with E-state index in [1.54, 1.807) is 0 Å². The van der Waals surface area contributed by atoms with E-state index in [0.717, 1.165) is 0 Å². The SMILES string of the molecule is COC(=O)C1CCCCC1S(=O)(=O)NCC(F)(F)CN.Cl. The van der Waals surface area contributed by atoms with Gasteiger partial charge in [-0.25, -0.2) is 21.9 Å². The number of sulfonamides is 1. The van der Waals surface area contributed by atoms with Crippen molar-refractivity contribution in [1.82, 2.24) is 4.72 Å². The minimum atomic E-state index is -4.02. The quantitative estimate of drug-likeness (QED) is 0.685. The number of nitrogens with one attached hydrogen (secondary N) is 1. The zero-order valence-electron chi connectivity index (χ0n) is 11.7. The van der Waals surface area contributed by atoms with Crippen molar-refractivity contribution >= 4 is 28.4 Å². The van der Waals surface area contributed by atoms with Crippen LogP contribution in [0.5, 0.6) is 0 Å². The molecule has 0 amide bonds. The predicted molar refractivity (Wildman–Crippen MR) is 75.9 cm³/mol. The third-order valence-corrected chi connectivity index (χ3v) is 5.34. The summed E-state index contributed by atoms with van der Waals surface area (Å²) in [5, 5.41) is -1.03. The van der Waals surface area contributed by atoms with Crippen LogP contribution < -0.4 is 10.5 Å². The molecule has 1 aliphatic carbocycles. The van der Waals surface area contributed by atoms with Crippen molar-refractivity contribution in [3.63, 3.8) is 0 Å². The molecule has 0 aliphatic heterocycles. The summed E-state index contributed by atoms with van der Waals surface area (Å²) in [7, 11) is -2.84. The van der Waals surface area contributed by atoms with Gasteiger partial charge in [-0.2, -0.15) is 0 Å². The number of rotatable bonds is 6. The van der Waals surface area contributed by atoms with Gasteiger partial charge < -0.3 is 10.5 Å². The van der Waals surface area contributed by atoms with Gasteiger partial charge in [0.15, 0.2) is 0 Å². The highest BCUT2D eigenvalue weighted by Gasteiger charge is 2.41. The van der Waals surface area contributed by atoms with Crippen LogP contribution in [0.1, 0.15) is 25.7 Å². The maximum absolute atomic E-state index is 13.0. The van der Waals surface area contributed by atoms with Crippen molar-refractivity contribution in [3.8, 4) is 0 Å². The number of alkyl halides is 2. The molecular formula is C11H21ClF2N2O4S. The zero-order chi connectivity index (χ0) is 15.4. The number of methoxy groups -OCH3 is 1. The summed E-state index contributed by atoms with van der Waals surface area (Å²) < 4.78 is 56.7. The Morgan fingerprint density at radius 2 is 1.95 bits per heavy atom. The van der Waals surface area contributed by atoms with Gasteiger partial charge in [-0.3, -0.25) is 4.79 Å². The Hall–Kier alpha value is -0.510. The Bertz CT molecular complexity index is 448. The molecule has 0 bridgehead atoms. The molecule has 1 saturated carbocycles. The van der Waals surface area contributed by atoms with Gasteiger partial charge in [-0.05, 0) is 12.8 Å². The highest BCUT2D eigenvalue weighted by molar-refractivity contribution is 7.90. The Balaban J connectivity index is 0.00000400. The smallest absolute Gasteiger partial charge is 0.310 e. The van der Waals surface area contributed by atoms with E-state index >= 15 is 0 Å². The van der Waals surface area contributed by atoms with Crippen LogP contribution in [0.15, 0.2) is 0 Å². The van der Waals surface area contributed by atoms with E-state index in [4.69, 9.17) is 5.73 Å². The molecule has 1 rings (SSSR count). The van der Waals surface area contributed by atoms with Crippen molar-refractivity contribution < 1.29 is 26.7 Å². The number of halogens is 3. The predicted octanol–water partition coefficient (Wildman–Crippen LogP) is 0.653. The summed E-state index contributed by atoms with van der Waals surface area (Å²) >= 11 is 0. The fraction of sp³-hybridized carbons (Fsp3) is 0.909. The van der Waals surface area contributed by atoms with Crippen LogP contribution >= 0.6 is 12.4 Å². The van der Waals surface area contributed by atoms with Crippen LogP contribution in [-0.4, -0.2) is 45.8 Å². The first-order chi connectivity index (χ1) is 9.23. The van der Waals surface area contributed by atoms with Crippen molar-refractivity contribution in [2.45, 2.75) is 36.9 Å². The standard InChI is InChI=1S/C11H20F2N2O4S.ClH/c1-19-10(16)8-4-2-3-5-9(8)20(17,18)15-7-11(12,13)6-14;/h8-9,15H,2-7,14H2,1H3;1H. The van der Waals surface area contributed by atoms with Gasteiger partial charge in [0.25, 0.3) is 5.92 Å². The molecule has 1 fully saturated rings. The molecule has 0 spiro atoms. The van der Waals surface area contributed by atoms with Gasteiger partial charge in [-0.15, -0.1) is 12.4 Å². The fourth-order valence-corrected chi connectivity index (χ4v) is 4.06. The van der Waals surface area contributed by atoms with Gasteiger partial charge in [0.1, 0.15) is 0 Å². The minimum absolute atomic E-state index is 0. The summed E-state index contributed by atoms with van der Waals surface area (Å²) in [6.45, 7) is -2.00. The highest BCUT2D eigenvalue weighted by atomic mass is 35.5. The van der Waals surface area contributed by atoms with Crippen LogP contribution in [0.2, 0.25) is 0 Å². The summed E-state index contributed by atoms with van der Waals surface area (Å²) in [6, 6.07) is 0. The number of carbonyl (C=O) groups is 1. The van der Waals surface area contributed by atoms with Gasteiger partial charge in [0.2, 0.25) is 10.0 Å². The van der Waals surface area contributed by atoms with Crippen molar-refractivity contribution in [3.05, 3.63) is 0 Å². The molecule has 21 heavy (non-hydrogen) atoms.